The number of fused-ring (bicyclic) bond motifs is 8. The van der Waals surface area contributed by atoms with Gasteiger partial charge in [-0.05, 0) is 57.9 Å². The quantitative estimate of drug-likeness (QED) is 0.204. The van der Waals surface area contributed by atoms with Crippen molar-refractivity contribution >= 4 is 65.4 Å². The Morgan fingerprint density at radius 3 is 1.98 bits per heavy atom. The summed E-state index contributed by atoms with van der Waals surface area (Å²) in [6.07, 6.45) is 1.75. The fourth-order valence-corrected chi connectivity index (χ4v) is 6.60. The van der Waals surface area contributed by atoms with Crippen molar-refractivity contribution in [1.29, 1.82) is 0 Å². The summed E-state index contributed by atoms with van der Waals surface area (Å²) < 4.78 is 12.6. The summed E-state index contributed by atoms with van der Waals surface area (Å²) in [6, 6.07) is 43.1. The molecule has 0 bridgehead atoms. The zero-order valence-electron chi connectivity index (χ0n) is 24.3. The topological polar surface area (TPSA) is 77.8 Å². The average Bonchev–Trinajstić information content (AvgIpc) is 3.68. The van der Waals surface area contributed by atoms with Crippen LogP contribution in [0.1, 0.15) is 0 Å². The first-order valence-electron chi connectivity index (χ1n) is 15.1. The van der Waals surface area contributed by atoms with Crippen molar-refractivity contribution in [3.8, 4) is 34.3 Å². The molecule has 10 rings (SSSR count). The van der Waals surface area contributed by atoms with E-state index in [1.165, 1.54) is 0 Å². The summed E-state index contributed by atoms with van der Waals surface area (Å²) >= 11 is 0. The number of rotatable bonds is 3. The Labute approximate surface area is 261 Å². The molecule has 6 nitrogen and oxygen atoms in total. The molecule has 10 aromatic rings. The van der Waals surface area contributed by atoms with Crippen LogP contribution in [0.4, 0.5) is 0 Å². The predicted octanol–water partition coefficient (Wildman–Crippen LogP) is 10.4. The van der Waals surface area contributed by atoms with Crippen molar-refractivity contribution in [2.24, 2.45) is 0 Å². The Kier molecular flexibility index (Phi) is 5.19. The Balaban J connectivity index is 1.28. The van der Waals surface area contributed by atoms with Gasteiger partial charge < -0.3 is 8.83 Å². The van der Waals surface area contributed by atoms with Gasteiger partial charge in [0.15, 0.2) is 17.5 Å². The molecule has 0 aliphatic carbocycles. The van der Waals surface area contributed by atoms with Gasteiger partial charge in [0.1, 0.15) is 28.0 Å². The molecule has 0 fully saturated rings. The molecule has 0 saturated carbocycles. The Morgan fingerprint density at radius 1 is 0.413 bits per heavy atom. The van der Waals surface area contributed by atoms with Crippen molar-refractivity contribution in [3.63, 3.8) is 0 Å². The number of hydrogen-bond acceptors (Lipinski definition) is 6. The minimum Gasteiger partial charge on any atom is -0.456 e. The van der Waals surface area contributed by atoms with E-state index in [1.807, 2.05) is 66.7 Å². The normalized spacial score (nSPS) is 11.9. The predicted molar refractivity (Wildman–Crippen MR) is 183 cm³/mol. The third-order valence-electron chi connectivity index (χ3n) is 8.75. The second-order valence-corrected chi connectivity index (χ2v) is 11.5. The zero-order valence-corrected chi connectivity index (χ0v) is 24.3. The first-order valence-corrected chi connectivity index (χ1v) is 15.1. The fourth-order valence-electron chi connectivity index (χ4n) is 6.60. The van der Waals surface area contributed by atoms with E-state index in [-0.39, 0.29) is 0 Å². The number of pyridine rings is 1. The lowest BCUT2D eigenvalue weighted by Gasteiger charge is -2.10. The van der Waals surface area contributed by atoms with E-state index in [1.54, 1.807) is 6.20 Å². The van der Waals surface area contributed by atoms with E-state index in [0.29, 0.717) is 23.2 Å². The first kappa shape index (κ1) is 25.0. The molecule has 6 aromatic carbocycles. The summed E-state index contributed by atoms with van der Waals surface area (Å²) in [5, 5.41) is 8.31. The van der Waals surface area contributed by atoms with Crippen LogP contribution in [-0.4, -0.2) is 19.9 Å². The Bertz CT molecular complexity index is 2830. The molecule has 214 valence electrons. The maximum atomic E-state index is 6.37. The molecule has 0 atom stereocenters. The second-order valence-electron chi connectivity index (χ2n) is 11.5. The lowest BCUT2D eigenvalue weighted by Crippen LogP contribution is -2.01. The van der Waals surface area contributed by atoms with E-state index in [9.17, 15) is 0 Å². The van der Waals surface area contributed by atoms with Gasteiger partial charge in [-0.15, -0.1) is 0 Å². The van der Waals surface area contributed by atoms with E-state index in [0.717, 1.165) is 76.5 Å². The highest BCUT2D eigenvalue weighted by atomic mass is 16.3. The van der Waals surface area contributed by atoms with Crippen LogP contribution in [-0.2, 0) is 0 Å². The summed E-state index contributed by atoms with van der Waals surface area (Å²) in [4.78, 5) is 20.2. The number of benzene rings is 6. The van der Waals surface area contributed by atoms with Crippen molar-refractivity contribution < 1.29 is 8.83 Å². The van der Waals surface area contributed by atoms with Crippen molar-refractivity contribution in [3.05, 3.63) is 134 Å². The third-order valence-corrected chi connectivity index (χ3v) is 8.75. The average molecular weight is 591 g/mol. The molecule has 4 heterocycles. The molecule has 4 aromatic heterocycles. The van der Waals surface area contributed by atoms with Gasteiger partial charge in [0, 0.05) is 33.5 Å². The standard InChI is InChI=1S/C40H22N4O2/c1-2-9-24-20-27(17-16-23(24)8-1)38-42-39(29-13-7-15-32-35(29)28-12-5-6-14-31(28)45-32)44-40(43-38)37-36-30-21-25-10-3-4-11-26(25)22-34(30)46-33(36)18-19-41-37/h1-22H. The van der Waals surface area contributed by atoms with Crippen LogP contribution in [0.15, 0.2) is 142 Å². The van der Waals surface area contributed by atoms with Crippen LogP contribution < -0.4 is 0 Å². The van der Waals surface area contributed by atoms with Crippen molar-refractivity contribution in [2.75, 3.05) is 0 Å². The van der Waals surface area contributed by atoms with Crippen molar-refractivity contribution in [2.45, 2.75) is 0 Å². The van der Waals surface area contributed by atoms with E-state index >= 15 is 0 Å². The molecule has 0 aliphatic rings. The van der Waals surface area contributed by atoms with Gasteiger partial charge >= 0.3 is 0 Å². The van der Waals surface area contributed by atoms with Crippen LogP contribution in [0.2, 0.25) is 0 Å². The summed E-state index contributed by atoms with van der Waals surface area (Å²) in [6.45, 7) is 0. The molecule has 46 heavy (non-hydrogen) atoms. The molecule has 0 spiro atoms. The van der Waals surface area contributed by atoms with Gasteiger partial charge in [-0.1, -0.05) is 91.0 Å². The monoisotopic (exact) mass is 590 g/mol. The maximum Gasteiger partial charge on any atom is 0.183 e. The smallest absolute Gasteiger partial charge is 0.183 e. The van der Waals surface area contributed by atoms with E-state index in [4.69, 9.17) is 28.8 Å². The number of para-hydroxylation sites is 1. The molecule has 6 heteroatoms. The largest absolute Gasteiger partial charge is 0.456 e. The van der Waals surface area contributed by atoms with Crippen molar-refractivity contribution in [1.82, 2.24) is 19.9 Å². The SMILES string of the molecule is c1ccc2cc(-c3nc(-c4cccc5oc6ccccc6c45)nc(-c4nccc5oc6cc7ccccc7cc6c45)n3)ccc2c1. The van der Waals surface area contributed by atoms with E-state index < -0.39 is 0 Å². The van der Waals surface area contributed by atoms with Crippen LogP contribution in [0, 0.1) is 0 Å². The van der Waals surface area contributed by atoms with Gasteiger partial charge in [-0.2, -0.15) is 0 Å². The highest BCUT2D eigenvalue weighted by Gasteiger charge is 2.21. The fraction of sp³-hybridized carbons (Fsp3) is 0. The molecular weight excluding hydrogens is 568 g/mol. The maximum absolute atomic E-state index is 6.37. The van der Waals surface area contributed by atoms with Crippen LogP contribution in [0.3, 0.4) is 0 Å². The van der Waals surface area contributed by atoms with E-state index in [2.05, 4.69) is 60.7 Å². The minimum absolute atomic E-state index is 0.472. The van der Waals surface area contributed by atoms with Crippen LogP contribution in [0.5, 0.6) is 0 Å². The number of aromatic nitrogens is 4. The number of nitrogens with zero attached hydrogens (tertiary/aromatic N) is 4. The molecule has 0 aliphatic heterocycles. The lowest BCUT2D eigenvalue weighted by atomic mass is 10.0. The van der Waals surface area contributed by atoms with Gasteiger partial charge in [-0.25, -0.2) is 15.0 Å². The highest BCUT2D eigenvalue weighted by molar-refractivity contribution is 6.15. The summed E-state index contributed by atoms with van der Waals surface area (Å²) in [5.41, 5.74) is 5.51. The first-order chi connectivity index (χ1) is 22.8. The summed E-state index contributed by atoms with van der Waals surface area (Å²) in [7, 11) is 0. The zero-order chi connectivity index (χ0) is 30.2. The van der Waals surface area contributed by atoms with Crippen LogP contribution in [0.25, 0.3) is 99.7 Å². The molecule has 0 N–H and O–H groups in total. The lowest BCUT2D eigenvalue weighted by molar-refractivity contribution is 0.668. The highest BCUT2D eigenvalue weighted by Crippen LogP contribution is 2.39. The summed E-state index contributed by atoms with van der Waals surface area (Å²) in [5.74, 6) is 1.58. The molecule has 0 saturated heterocycles. The Hall–Kier alpha value is -6.40. The van der Waals surface area contributed by atoms with Gasteiger partial charge in [0.2, 0.25) is 0 Å². The number of furan rings is 2. The molecule has 0 radical (unpaired) electrons. The molecule has 0 unspecified atom stereocenters. The Morgan fingerprint density at radius 2 is 1.09 bits per heavy atom. The van der Waals surface area contributed by atoms with Gasteiger partial charge in [0.05, 0.1) is 5.39 Å². The molecule has 0 amide bonds. The third kappa shape index (κ3) is 3.77. The number of hydrogen-bond donors (Lipinski definition) is 0. The van der Waals surface area contributed by atoms with Gasteiger partial charge in [0.25, 0.3) is 0 Å². The van der Waals surface area contributed by atoms with Gasteiger partial charge in [-0.3, -0.25) is 4.98 Å². The second kappa shape index (κ2) is 9.55. The minimum atomic E-state index is 0.472. The molecular formula is C40H22N4O2. The van der Waals surface area contributed by atoms with Crippen LogP contribution >= 0.6 is 0 Å².